The number of fused-ring (bicyclic) bond motifs is 1. The third-order valence-electron chi connectivity index (χ3n) is 6.15. The molecule has 160 valence electrons. The zero-order chi connectivity index (χ0) is 21.1. The number of anilines is 1. The summed E-state index contributed by atoms with van der Waals surface area (Å²) < 4.78 is 5.46. The molecule has 1 saturated carbocycles. The van der Waals surface area contributed by atoms with Crippen LogP contribution in [0, 0.1) is 17.8 Å². The Hall–Kier alpha value is -1.89. The first-order valence-corrected chi connectivity index (χ1v) is 11.5. The molecule has 0 bridgehead atoms. The Morgan fingerprint density at radius 3 is 2.48 bits per heavy atom. The molecule has 1 heterocycles. The van der Waals surface area contributed by atoms with E-state index in [0.717, 1.165) is 49.0 Å². The summed E-state index contributed by atoms with van der Waals surface area (Å²) in [4.78, 5) is 38.6. The van der Waals surface area contributed by atoms with Crippen LogP contribution in [-0.2, 0) is 27.2 Å². The molecule has 1 aromatic rings. The van der Waals surface area contributed by atoms with Crippen molar-refractivity contribution in [2.24, 2.45) is 17.8 Å². The van der Waals surface area contributed by atoms with Crippen LogP contribution in [0.5, 0.6) is 0 Å². The fraction of sp³-hybridized carbons (Fsp3) is 0.682. The maximum absolute atomic E-state index is 13.0. The van der Waals surface area contributed by atoms with Gasteiger partial charge in [0.05, 0.1) is 23.5 Å². The van der Waals surface area contributed by atoms with Gasteiger partial charge in [0.25, 0.3) is 0 Å². The molecule has 29 heavy (non-hydrogen) atoms. The second kappa shape index (κ2) is 9.28. The highest BCUT2D eigenvalue weighted by molar-refractivity contribution is 7.17. The molecule has 3 atom stereocenters. The second-order valence-electron chi connectivity index (χ2n) is 8.50. The van der Waals surface area contributed by atoms with Crippen LogP contribution in [0.4, 0.5) is 5.00 Å². The van der Waals surface area contributed by atoms with Gasteiger partial charge in [0.1, 0.15) is 5.00 Å². The van der Waals surface area contributed by atoms with Crippen molar-refractivity contribution >= 4 is 34.2 Å². The Balaban J connectivity index is 1.89. The maximum atomic E-state index is 13.0. The quantitative estimate of drug-likeness (QED) is 0.652. The van der Waals surface area contributed by atoms with Crippen LogP contribution in [0.3, 0.4) is 0 Å². The van der Waals surface area contributed by atoms with Crippen molar-refractivity contribution in [1.82, 2.24) is 0 Å². The number of hydrogen-bond donors (Lipinski definition) is 2. The van der Waals surface area contributed by atoms with E-state index in [4.69, 9.17) is 4.74 Å². The summed E-state index contributed by atoms with van der Waals surface area (Å²) in [6.45, 7) is 5.79. The van der Waals surface area contributed by atoms with Crippen molar-refractivity contribution in [3.05, 3.63) is 16.0 Å². The average molecular weight is 422 g/mol. The van der Waals surface area contributed by atoms with Gasteiger partial charge in [0.15, 0.2) is 0 Å². The van der Waals surface area contributed by atoms with E-state index in [9.17, 15) is 19.5 Å². The van der Waals surface area contributed by atoms with Gasteiger partial charge >= 0.3 is 11.9 Å². The molecular weight excluding hydrogens is 390 g/mol. The fourth-order valence-corrected chi connectivity index (χ4v) is 5.88. The molecular formula is C22H31NO5S. The first-order chi connectivity index (χ1) is 13.8. The topological polar surface area (TPSA) is 92.7 Å². The summed E-state index contributed by atoms with van der Waals surface area (Å²) in [6.07, 6.45) is 6.36. The van der Waals surface area contributed by atoms with Gasteiger partial charge in [-0.1, -0.05) is 26.2 Å². The largest absolute Gasteiger partial charge is 0.481 e. The summed E-state index contributed by atoms with van der Waals surface area (Å²) in [5.41, 5.74) is 1.48. The molecule has 0 aromatic carbocycles. The Morgan fingerprint density at radius 1 is 1.17 bits per heavy atom. The molecule has 2 aliphatic rings. The second-order valence-corrected chi connectivity index (χ2v) is 9.61. The molecule has 0 spiro atoms. The van der Waals surface area contributed by atoms with E-state index in [1.807, 2.05) is 13.8 Å². The van der Waals surface area contributed by atoms with Gasteiger partial charge in [-0.05, 0) is 57.4 Å². The van der Waals surface area contributed by atoms with Gasteiger partial charge in [-0.15, -0.1) is 11.3 Å². The molecule has 7 heteroatoms. The normalized spacial score (nSPS) is 24.1. The van der Waals surface area contributed by atoms with Crippen molar-refractivity contribution in [2.75, 3.05) is 5.32 Å². The summed E-state index contributed by atoms with van der Waals surface area (Å²) >= 11 is 1.46. The highest BCUT2D eigenvalue weighted by Gasteiger charge is 2.37. The Kier molecular flexibility index (Phi) is 6.98. The standard InChI is InChI=1S/C22H31NO5S/c1-4-13-9-10-16-17(11-13)29-20(18(16)22(27)28-12(2)3)23-19(24)14-7-5-6-8-15(14)21(25)26/h12-15H,4-11H2,1-3H3,(H,23,24)(H,25,26)/t13-,14+,15+/m1/s1. The third-order valence-corrected chi connectivity index (χ3v) is 7.32. The number of aliphatic carboxylic acids is 1. The van der Waals surface area contributed by atoms with Crippen molar-refractivity contribution in [1.29, 1.82) is 0 Å². The molecule has 0 aliphatic heterocycles. The van der Waals surface area contributed by atoms with Crippen molar-refractivity contribution in [2.45, 2.75) is 78.2 Å². The van der Waals surface area contributed by atoms with Crippen LogP contribution in [-0.4, -0.2) is 29.1 Å². The number of esters is 1. The summed E-state index contributed by atoms with van der Waals surface area (Å²) in [7, 11) is 0. The number of carboxylic acids is 1. The molecule has 1 fully saturated rings. The highest BCUT2D eigenvalue weighted by Crippen LogP contribution is 2.41. The van der Waals surface area contributed by atoms with Crippen LogP contribution in [0.25, 0.3) is 0 Å². The van der Waals surface area contributed by atoms with Crippen LogP contribution in [0.1, 0.15) is 80.1 Å². The molecule has 0 unspecified atom stereocenters. The van der Waals surface area contributed by atoms with E-state index in [-0.39, 0.29) is 12.0 Å². The Bertz CT molecular complexity index is 784. The Labute approximate surface area is 176 Å². The van der Waals surface area contributed by atoms with Crippen molar-refractivity contribution in [3.8, 4) is 0 Å². The van der Waals surface area contributed by atoms with Gasteiger partial charge in [0, 0.05) is 4.88 Å². The minimum Gasteiger partial charge on any atom is -0.481 e. The van der Waals surface area contributed by atoms with E-state index >= 15 is 0 Å². The number of thiophene rings is 1. The Morgan fingerprint density at radius 2 is 1.86 bits per heavy atom. The van der Waals surface area contributed by atoms with Crippen molar-refractivity contribution in [3.63, 3.8) is 0 Å². The number of hydrogen-bond acceptors (Lipinski definition) is 5. The number of carbonyl (C=O) groups is 3. The van der Waals surface area contributed by atoms with E-state index in [1.54, 1.807) is 0 Å². The third kappa shape index (κ3) is 4.82. The molecule has 6 nitrogen and oxygen atoms in total. The van der Waals surface area contributed by atoms with Crippen LogP contribution >= 0.6 is 11.3 Å². The molecule has 2 N–H and O–H groups in total. The molecule has 1 aromatic heterocycles. The molecule has 0 saturated heterocycles. The van der Waals surface area contributed by atoms with Crippen molar-refractivity contribution < 1.29 is 24.2 Å². The lowest BCUT2D eigenvalue weighted by Gasteiger charge is -2.27. The minimum atomic E-state index is -0.916. The number of amides is 1. The average Bonchev–Trinajstić information content (AvgIpc) is 3.04. The van der Waals surface area contributed by atoms with Crippen LogP contribution in [0.2, 0.25) is 0 Å². The number of carboxylic acid groups (broad SMARTS) is 1. The fourth-order valence-electron chi connectivity index (χ4n) is 4.52. The van der Waals surface area contributed by atoms with E-state index in [1.165, 1.54) is 11.3 Å². The van der Waals surface area contributed by atoms with Gasteiger partial charge < -0.3 is 15.2 Å². The zero-order valence-corrected chi connectivity index (χ0v) is 18.3. The van der Waals surface area contributed by atoms with Crippen LogP contribution in [0.15, 0.2) is 0 Å². The van der Waals surface area contributed by atoms with Crippen LogP contribution < -0.4 is 5.32 Å². The summed E-state index contributed by atoms with van der Waals surface area (Å²) in [5, 5.41) is 13.0. The predicted octanol–water partition coefficient (Wildman–Crippen LogP) is 4.66. The van der Waals surface area contributed by atoms with Gasteiger partial charge in [0.2, 0.25) is 5.91 Å². The number of nitrogens with one attached hydrogen (secondary N) is 1. The van der Waals surface area contributed by atoms with E-state index in [2.05, 4.69) is 12.2 Å². The first-order valence-electron chi connectivity index (χ1n) is 10.7. The number of ether oxygens (including phenoxy) is 1. The van der Waals surface area contributed by atoms with Gasteiger partial charge in [-0.2, -0.15) is 0 Å². The van der Waals surface area contributed by atoms with E-state index < -0.39 is 23.8 Å². The smallest absolute Gasteiger partial charge is 0.341 e. The lowest BCUT2D eigenvalue weighted by Crippen LogP contribution is -2.36. The van der Waals surface area contributed by atoms with E-state index in [0.29, 0.717) is 29.3 Å². The lowest BCUT2D eigenvalue weighted by atomic mass is 9.78. The number of rotatable bonds is 6. The molecule has 2 aliphatic carbocycles. The molecule has 3 rings (SSSR count). The summed E-state index contributed by atoms with van der Waals surface area (Å²) in [5.74, 6) is -2.23. The highest BCUT2D eigenvalue weighted by atomic mass is 32.1. The lowest BCUT2D eigenvalue weighted by molar-refractivity contribution is -0.147. The zero-order valence-electron chi connectivity index (χ0n) is 17.5. The van der Waals surface area contributed by atoms with Gasteiger partial charge in [-0.25, -0.2) is 4.79 Å². The maximum Gasteiger partial charge on any atom is 0.341 e. The molecule has 0 radical (unpaired) electrons. The number of carbonyl (C=O) groups excluding carboxylic acids is 2. The molecule has 1 amide bonds. The van der Waals surface area contributed by atoms with Gasteiger partial charge in [-0.3, -0.25) is 9.59 Å². The minimum absolute atomic E-state index is 0.247. The first kappa shape index (κ1) is 21.8. The summed E-state index contributed by atoms with van der Waals surface area (Å²) in [6, 6.07) is 0. The SMILES string of the molecule is CC[C@@H]1CCc2c(sc(NC(=O)[C@H]3CCCC[C@@H]3C(=O)O)c2C(=O)OC(C)C)C1. The predicted molar refractivity (Wildman–Crippen MR) is 112 cm³/mol. The monoisotopic (exact) mass is 421 g/mol.